The first-order valence-corrected chi connectivity index (χ1v) is 6.71. The van der Waals surface area contributed by atoms with Crippen LogP contribution >= 0.6 is 0 Å². The number of nitrogens with zero attached hydrogens (tertiary/aromatic N) is 1. The van der Waals surface area contributed by atoms with Gasteiger partial charge in [0.25, 0.3) is 0 Å². The van der Waals surface area contributed by atoms with Crippen LogP contribution in [0.25, 0.3) is 0 Å². The zero-order valence-corrected chi connectivity index (χ0v) is 12.7. The highest BCUT2D eigenvalue weighted by atomic mass is 16.5. The molecule has 0 heterocycles. The molecule has 0 aliphatic carbocycles. The molecule has 116 valence electrons. The molecular weight excluding hydrogens is 272 g/mol. The van der Waals surface area contributed by atoms with Gasteiger partial charge in [0.05, 0.1) is 20.3 Å². The van der Waals surface area contributed by atoms with Crippen molar-refractivity contribution in [2.75, 3.05) is 33.9 Å². The molecule has 1 N–H and O–H groups in total. The van der Waals surface area contributed by atoms with Crippen LogP contribution in [0.3, 0.4) is 0 Å². The van der Waals surface area contributed by atoms with E-state index in [0.29, 0.717) is 19.7 Å². The molecule has 0 unspecified atom stereocenters. The Morgan fingerprint density at radius 3 is 2.38 bits per heavy atom. The lowest BCUT2D eigenvalue weighted by atomic mass is 10.2. The maximum absolute atomic E-state index is 11.8. The highest BCUT2D eigenvalue weighted by molar-refractivity contribution is 5.83. The Hall–Kier alpha value is -2.08. The molecular formula is C15H22N2O4. The lowest BCUT2D eigenvalue weighted by Crippen LogP contribution is -2.41. The summed E-state index contributed by atoms with van der Waals surface area (Å²) in [6.07, 6.45) is 0. The predicted octanol–water partition coefficient (Wildman–Crippen LogP) is 0.806. The molecule has 1 aromatic rings. The van der Waals surface area contributed by atoms with E-state index in [1.54, 1.807) is 14.2 Å². The smallest absolute Gasteiger partial charge is 0.239 e. The Morgan fingerprint density at radius 1 is 1.19 bits per heavy atom. The van der Waals surface area contributed by atoms with Crippen molar-refractivity contribution in [3.05, 3.63) is 29.8 Å². The van der Waals surface area contributed by atoms with Crippen molar-refractivity contribution in [3.8, 4) is 5.75 Å². The summed E-state index contributed by atoms with van der Waals surface area (Å²) in [4.78, 5) is 24.7. The van der Waals surface area contributed by atoms with E-state index in [-0.39, 0.29) is 18.4 Å². The quantitative estimate of drug-likeness (QED) is 0.770. The minimum atomic E-state index is -0.197. The van der Waals surface area contributed by atoms with Gasteiger partial charge in [0.2, 0.25) is 11.8 Å². The summed E-state index contributed by atoms with van der Waals surface area (Å²) in [5, 5.41) is 2.78. The van der Waals surface area contributed by atoms with Crippen molar-refractivity contribution in [3.63, 3.8) is 0 Å². The summed E-state index contributed by atoms with van der Waals surface area (Å²) in [5.41, 5.74) is 0.968. The van der Waals surface area contributed by atoms with Crippen molar-refractivity contribution in [2.24, 2.45) is 0 Å². The first-order chi connectivity index (χ1) is 10.1. The van der Waals surface area contributed by atoms with Crippen LogP contribution in [0.1, 0.15) is 12.5 Å². The largest absolute Gasteiger partial charge is 0.497 e. The summed E-state index contributed by atoms with van der Waals surface area (Å²) in [6, 6.07) is 7.43. The van der Waals surface area contributed by atoms with Gasteiger partial charge >= 0.3 is 0 Å². The molecule has 0 bridgehead atoms. The van der Waals surface area contributed by atoms with Crippen LogP contribution in [0.15, 0.2) is 24.3 Å². The monoisotopic (exact) mass is 294 g/mol. The fraction of sp³-hybridized carbons (Fsp3) is 0.467. The number of ether oxygens (including phenoxy) is 2. The van der Waals surface area contributed by atoms with E-state index in [2.05, 4.69) is 5.32 Å². The van der Waals surface area contributed by atoms with E-state index < -0.39 is 0 Å². The summed E-state index contributed by atoms with van der Waals surface area (Å²) in [5.74, 6) is 0.427. The number of amides is 2. The van der Waals surface area contributed by atoms with E-state index in [1.807, 2.05) is 24.3 Å². The summed E-state index contributed by atoms with van der Waals surface area (Å²) < 4.78 is 9.99. The summed E-state index contributed by atoms with van der Waals surface area (Å²) in [7, 11) is 3.16. The number of carbonyl (C=O) groups is 2. The molecule has 0 atom stereocenters. The Morgan fingerprint density at radius 2 is 1.86 bits per heavy atom. The van der Waals surface area contributed by atoms with Gasteiger partial charge in [0, 0.05) is 27.1 Å². The predicted molar refractivity (Wildman–Crippen MR) is 79.0 cm³/mol. The van der Waals surface area contributed by atoms with Gasteiger partial charge in [0.1, 0.15) is 5.75 Å². The van der Waals surface area contributed by atoms with Crippen LogP contribution in [0.4, 0.5) is 0 Å². The average molecular weight is 294 g/mol. The molecule has 0 aromatic heterocycles. The molecule has 6 nitrogen and oxygen atoms in total. The number of methoxy groups -OCH3 is 2. The Balaban J connectivity index is 2.42. The first kappa shape index (κ1) is 17.0. The zero-order chi connectivity index (χ0) is 15.7. The van der Waals surface area contributed by atoms with E-state index >= 15 is 0 Å². The summed E-state index contributed by atoms with van der Waals surface area (Å²) >= 11 is 0. The minimum absolute atomic E-state index is 0.0366. The zero-order valence-electron chi connectivity index (χ0n) is 12.7. The molecule has 0 aliphatic heterocycles. The second-order valence-electron chi connectivity index (χ2n) is 4.56. The number of nitrogens with one attached hydrogen (secondary N) is 1. The van der Waals surface area contributed by atoms with Gasteiger partial charge in [-0.2, -0.15) is 0 Å². The topological polar surface area (TPSA) is 67.9 Å². The lowest BCUT2D eigenvalue weighted by molar-refractivity contribution is -0.135. The molecule has 2 amide bonds. The molecule has 1 aromatic carbocycles. The molecule has 0 spiro atoms. The molecule has 21 heavy (non-hydrogen) atoms. The standard InChI is InChI=1S/C15H22N2O4/c1-12(18)17(8-9-20-2)11-15(19)16-10-13-4-6-14(21-3)7-5-13/h4-7H,8-11H2,1-3H3,(H,16,19). The van der Waals surface area contributed by atoms with E-state index in [4.69, 9.17) is 9.47 Å². The maximum Gasteiger partial charge on any atom is 0.239 e. The molecule has 0 aliphatic rings. The van der Waals surface area contributed by atoms with E-state index in [9.17, 15) is 9.59 Å². The Labute approximate surface area is 125 Å². The molecule has 1 rings (SSSR count). The lowest BCUT2D eigenvalue weighted by Gasteiger charge is -2.20. The van der Waals surface area contributed by atoms with Crippen LogP contribution in [0, 0.1) is 0 Å². The van der Waals surface area contributed by atoms with E-state index in [1.165, 1.54) is 11.8 Å². The second kappa shape index (κ2) is 8.97. The van der Waals surface area contributed by atoms with Gasteiger partial charge in [-0.05, 0) is 17.7 Å². The van der Waals surface area contributed by atoms with Gasteiger partial charge in [-0.3, -0.25) is 9.59 Å². The molecule has 0 fully saturated rings. The highest BCUT2D eigenvalue weighted by Gasteiger charge is 2.12. The van der Waals surface area contributed by atoms with Gasteiger partial charge in [-0.25, -0.2) is 0 Å². The van der Waals surface area contributed by atoms with Crippen molar-refractivity contribution in [2.45, 2.75) is 13.5 Å². The van der Waals surface area contributed by atoms with E-state index in [0.717, 1.165) is 11.3 Å². The highest BCUT2D eigenvalue weighted by Crippen LogP contribution is 2.10. The Kier molecular flexibility index (Phi) is 7.25. The summed E-state index contributed by atoms with van der Waals surface area (Å²) in [6.45, 7) is 2.70. The van der Waals surface area contributed by atoms with Crippen LogP contribution in [0.5, 0.6) is 5.75 Å². The number of benzene rings is 1. The fourth-order valence-electron chi connectivity index (χ4n) is 1.72. The number of carbonyl (C=O) groups excluding carboxylic acids is 2. The van der Waals surface area contributed by atoms with Gasteiger partial charge < -0.3 is 19.7 Å². The maximum atomic E-state index is 11.8. The van der Waals surface area contributed by atoms with Crippen LogP contribution in [0.2, 0.25) is 0 Å². The molecule has 6 heteroatoms. The molecule has 0 saturated heterocycles. The average Bonchev–Trinajstić information content (AvgIpc) is 2.49. The SMILES string of the molecule is COCCN(CC(=O)NCc1ccc(OC)cc1)C(C)=O. The third-order valence-electron chi connectivity index (χ3n) is 2.99. The number of hydrogen-bond acceptors (Lipinski definition) is 4. The van der Waals surface area contributed by atoms with Crippen molar-refractivity contribution in [1.82, 2.24) is 10.2 Å². The Bertz CT molecular complexity index is 459. The normalized spacial score (nSPS) is 10.0. The van der Waals surface area contributed by atoms with Gasteiger partial charge in [0.15, 0.2) is 0 Å². The third-order valence-corrected chi connectivity index (χ3v) is 2.99. The van der Waals surface area contributed by atoms with Gasteiger partial charge in [-0.1, -0.05) is 12.1 Å². The van der Waals surface area contributed by atoms with Crippen molar-refractivity contribution >= 4 is 11.8 Å². The van der Waals surface area contributed by atoms with Crippen molar-refractivity contribution in [1.29, 1.82) is 0 Å². The van der Waals surface area contributed by atoms with Crippen LogP contribution in [-0.2, 0) is 20.9 Å². The van der Waals surface area contributed by atoms with Crippen molar-refractivity contribution < 1.29 is 19.1 Å². The third kappa shape index (κ3) is 6.27. The van der Waals surface area contributed by atoms with Gasteiger partial charge in [-0.15, -0.1) is 0 Å². The minimum Gasteiger partial charge on any atom is -0.497 e. The fourth-order valence-corrected chi connectivity index (χ4v) is 1.72. The number of rotatable bonds is 8. The molecule has 0 saturated carbocycles. The molecule has 0 radical (unpaired) electrons. The van der Waals surface area contributed by atoms with Crippen LogP contribution in [-0.4, -0.2) is 50.6 Å². The first-order valence-electron chi connectivity index (χ1n) is 6.71. The second-order valence-corrected chi connectivity index (χ2v) is 4.56. The van der Waals surface area contributed by atoms with Crippen LogP contribution < -0.4 is 10.1 Å². The number of hydrogen-bond donors (Lipinski definition) is 1.